The summed E-state index contributed by atoms with van der Waals surface area (Å²) in [5.41, 5.74) is 8.25. The zero-order valence-corrected chi connectivity index (χ0v) is 27.9. The maximum absolute atomic E-state index is 13.9. The molecule has 3 aliphatic rings. The Hall–Kier alpha value is -3.35. The van der Waals surface area contributed by atoms with E-state index >= 15 is 0 Å². The van der Waals surface area contributed by atoms with E-state index in [-0.39, 0.29) is 23.3 Å². The summed E-state index contributed by atoms with van der Waals surface area (Å²) in [6.45, 7) is 12.1. The van der Waals surface area contributed by atoms with Crippen LogP contribution in [0.2, 0.25) is 0 Å². The molecule has 1 saturated heterocycles. The Kier molecular flexibility index (Phi) is 10.9. The highest BCUT2D eigenvalue weighted by Crippen LogP contribution is 2.37. The number of carbonyl (C=O) groups excluding carboxylic acids is 3. The number of Topliss-reactive ketones (excluding diaryl/α,β-unsaturated/α-hetero) is 2. The third-order valence-electron chi connectivity index (χ3n) is 10.2. The van der Waals surface area contributed by atoms with Crippen molar-refractivity contribution in [2.45, 2.75) is 85.2 Å². The number of anilines is 1. The number of carbonyl (C=O) groups is 3. The second-order valence-corrected chi connectivity index (χ2v) is 13.6. The van der Waals surface area contributed by atoms with Crippen molar-refractivity contribution < 1.29 is 19.1 Å². The molecule has 0 amide bonds. The van der Waals surface area contributed by atoms with Gasteiger partial charge in [0.05, 0.1) is 13.2 Å². The third kappa shape index (κ3) is 8.28. The van der Waals surface area contributed by atoms with Gasteiger partial charge < -0.3 is 14.4 Å². The fourth-order valence-corrected chi connectivity index (χ4v) is 7.51. The van der Waals surface area contributed by atoms with Gasteiger partial charge in [-0.15, -0.1) is 0 Å². The maximum Gasteiger partial charge on any atom is 0.163 e. The van der Waals surface area contributed by atoms with Gasteiger partial charge >= 0.3 is 0 Å². The van der Waals surface area contributed by atoms with Gasteiger partial charge in [0, 0.05) is 62.7 Å². The molecule has 1 atom stereocenters. The van der Waals surface area contributed by atoms with Gasteiger partial charge in [-0.05, 0) is 112 Å². The van der Waals surface area contributed by atoms with Gasteiger partial charge in [-0.2, -0.15) is 0 Å². The average molecular weight is 611 g/mol. The van der Waals surface area contributed by atoms with E-state index in [2.05, 4.69) is 66.2 Å². The van der Waals surface area contributed by atoms with Crippen LogP contribution in [0.15, 0.2) is 59.7 Å². The molecule has 1 heterocycles. The lowest BCUT2D eigenvalue weighted by Gasteiger charge is -2.37. The molecule has 6 heteroatoms. The first-order valence-corrected chi connectivity index (χ1v) is 16.8. The number of ketones is 3. The van der Waals surface area contributed by atoms with Crippen molar-refractivity contribution in [2.24, 2.45) is 11.8 Å². The molecule has 1 unspecified atom stereocenters. The molecule has 0 bridgehead atoms. The van der Waals surface area contributed by atoms with Crippen LogP contribution in [0.3, 0.4) is 0 Å². The lowest BCUT2D eigenvalue weighted by Crippen LogP contribution is -2.36. The minimum atomic E-state index is -0.229. The average Bonchev–Trinajstić information content (AvgIpc) is 3.01. The highest BCUT2D eigenvalue weighted by Gasteiger charge is 2.28. The van der Waals surface area contributed by atoms with E-state index in [1.807, 2.05) is 13.8 Å². The Morgan fingerprint density at radius 1 is 0.933 bits per heavy atom. The molecule has 0 radical (unpaired) electrons. The molecule has 2 aromatic carbocycles. The summed E-state index contributed by atoms with van der Waals surface area (Å²) in [5, 5.41) is 0. The Balaban J connectivity index is 1.40. The molecule has 45 heavy (non-hydrogen) atoms. The molecule has 2 aliphatic carbocycles. The summed E-state index contributed by atoms with van der Waals surface area (Å²) >= 11 is 0. The fourth-order valence-electron chi connectivity index (χ4n) is 7.51. The van der Waals surface area contributed by atoms with Crippen molar-refractivity contribution in [2.75, 3.05) is 38.3 Å². The number of benzene rings is 2. The number of morpholine rings is 1. The van der Waals surface area contributed by atoms with Crippen LogP contribution < -0.4 is 4.90 Å². The number of rotatable bonds is 11. The number of allylic oxidation sites excluding steroid dienone is 4. The van der Waals surface area contributed by atoms with E-state index in [1.165, 1.54) is 5.56 Å². The molecule has 2 aromatic rings. The van der Waals surface area contributed by atoms with E-state index in [0.29, 0.717) is 31.2 Å². The molecular formula is C39H50N2O4. The summed E-state index contributed by atoms with van der Waals surface area (Å²) in [4.78, 5) is 43.2. The van der Waals surface area contributed by atoms with Gasteiger partial charge in [0.2, 0.25) is 0 Å². The first-order valence-electron chi connectivity index (χ1n) is 16.8. The van der Waals surface area contributed by atoms with Gasteiger partial charge in [-0.3, -0.25) is 14.5 Å². The quantitative estimate of drug-likeness (QED) is 0.245. The topological polar surface area (TPSA) is 66.9 Å². The number of hydrogen-bond acceptors (Lipinski definition) is 6. The summed E-state index contributed by atoms with van der Waals surface area (Å²) in [7, 11) is 2.16. The monoisotopic (exact) mass is 610 g/mol. The normalized spacial score (nSPS) is 22.5. The Bertz CT molecular complexity index is 1460. The number of nitrogens with zero attached hydrogens (tertiary/aromatic N) is 2. The van der Waals surface area contributed by atoms with Crippen LogP contribution in [0.25, 0.3) is 11.1 Å². The van der Waals surface area contributed by atoms with Crippen LogP contribution in [0, 0.1) is 18.8 Å². The van der Waals surface area contributed by atoms with Gasteiger partial charge in [0.1, 0.15) is 5.78 Å². The summed E-state index contributed by atoms with van der Waals surface area (Å²) in [6.07, 6.45) is 9.49. The summed E-state index contributed by atoms with van der Waals surface area (Å²) in [6, 6.07) is 13.4. The smallest absolute Gasteiger partial charge is 0.163 e. The predicted molar refractivity (Wildman–Crippen MR) is 182 cm³/mol. The lowest BCUT2D eigenvalue weighted by atomic mass is 9.82. The first kappa shape index (κ1) is 33.0. The molecule has 1 aliphatic heterocycles. The second-order valence-electron chi connectivity index (χ2n) is 13.6. The van der Waals surface area contributed by atoms with E-state index in [4.69, 9.17) is 4.74 Å². The third-order valence-corrected chi connectivity index (χ3v) is 10.2. The largest absolute Gasteiger partial charge is 0.379 e. The van der Waals surface area contributed by atoms with Crippen molar-refractivity contribution in [3.63, 3.8) is 0 Å². The van der Waals surface area contributed by atoms with Gasteiger partial charge in [0.15, 0.2) is 11.6 Å². The minimum Gasteiger partial charge on any atom is -0.379 e. The van der Waals surface area contributed by atoms with Crippen molar-refractivity contribution in [3.8, 4) is 11.1 Å². The lowest BCUT2D eigenvalue weighted by molar-refractivity contribution is -0.118. The summed E-state index contributed by atoms with van der Waals surface area (Å²) < 4.78 is 5.51. The molecule has 0 spiro atoms. The van der Waals surface area contributed by atoms with E-state index in [0.717, 1.165) is 97.6 Å². The summed E-state index contributed by atoms with van der Waals surface area (Å²) in [5.74, 6) is 0.716. The van der Waals surface area contributed by atoms with E-state index in [1.54, 1.807) is 13.0 Å². The number of hydrogen-bond donors (Lipinski definition) is 0. The molecule has 6 nitrogen and oxygen atoms in total. The van der Waals surface area contributed by atoms with E-state index < -0.39 is 0 Å². The van der Waals surface area contributed by atoms with Crippen molar-refractivity contribution in [3.05, 3.63) is 76.4 Å². The second kappa shape index (κ2) is 14.8. The fraction of sp³-hybridized carbons (Fsp3) is 0.513. The standard InChI is InChI=1S/C39H50N2O4/c1-26-20-27(2)35(39(44)21-26)14-15-38(43)36-23-33(32-10-6-31(7-11-32)25-41-16-18-45-19-17-41)24-37(29(36)4)40(5)34-12-8-30(9-13-34)22-28(3)42/h6-7,10-11,20-21,23-24,30,34-35H,8-9,12-19,22,25H2,1-5H3. The molecule has 2 fully saturated rings. The van der Waals surface area contributed by atoms with Crippen LogP contribution in [0.5, 0.6) is 0 Å². The number of ether oxygens (including phenoxy) is 1. The SMILES string of the molecule is CC(=O)CC1CCC(N(C)c2cc(-c3ccc(CN4CCOCC4)cc3)cc(C(=O)CCC3C(=O)C=C(C)C=C3C)c2C)CC1. The molecule has 240 valence electrons. The van der Waals surface area contributed by atoms with Crippen molar-refractivity contribution in [1.82, 2.24) is 4.90 Å². The van der Waals surface area contributed by atoms with Crippen molar-refractivity contribution >= 4 is 23.0 Å². The Labute approximate surface area is 269 Å². The zero-order valence-electron chi connectivity index (χ0n) is 27.9. The van der Waals surface area contributed by atoms with Crippen LogP contribution in [-0.4, -0.2) is 61.6 Å². The van der Waals surface area contributed by atoms with Gasteiger partial charge in [-0.25, -0.2) is 0 Å². The predicted octanol–water partition coefficient (Wildman–Crippen LogP) is 7.52. The van der Waals surface area contributed by atoms with Crippen LogP contribution in [-0.2, 0) is 20.9 Å². The first-order chi connectivity index (χ1) is 21.6. The van der Waals surface area contributed by atoms with Gasteiger partial charge in [-0.1, -0.05) is 35.9 Å². The maximum atomic E-state index is 13.9. The zero-order chi connectivity index (χ0) is 32.1. The molecule has 5 rings (SSSR count). The Morgan fingerprint density at radius 3 is 2.27 bits per heavy atom. The molecule has 0 N–H and O–H groups in total. The minimum absolute atomic E-state index is 0.0879. The van der Waals surface area contributed by atoms with Crippen LogP contribution >= 0.6 is 0 Å². The van der Waals surface area contributed by atoms with Gasteiger partial charge in [0.25, 0.3) is 0 Å². The van der Waals surface area contributed by atoms with Crippen LogP contribution in [0.4, 0.5) is 5.69 Å². The highest BCUT2D eigenvalue weighted by atomic mass is 16.5. The van der Waals surface area contributed by atoms with Crippen LogP contribution in [0.1, 0.15) is 87.2 Å². The molecular weight excluding hydrogens is 560 g/mol. The highest BCUT2D eigenvalue weighted by molar-refractivity contribution is 6.01. The van der Waals surface area contributed by atoms with E-state index in [9.17, 15) is 14.4 Å². The molecule has 1 saturated carbocycles. The Morgan fingerprint density at radius 2 is 1.62 bits per heavy atom. The van der Waals surface area contributed by atoms with Crippen molar-refractivity contribution in [1.29, 1.82) is 0 Å². The molecule has 0 aromatic heterocycles.